The van der Waals surface area contributed by atoms with Crippen LogP contribution in [-0.4, -0.2) is 33.1 Å². The van der Waals surface area contributed by atoms with Crippen molar-refractivity contribution in [3.8, 4) is 0 Å². The lowest BCUT2D eigenvalue weighted by Crippen LogP contribution is -2.38. The molecule has 3 saturated carbocycles. The maximum Gasteiger partial charge on any atom is 0.0811 e. The largest absolute Gasteiger partial charge is 0.393 e. The summed E-state index contributed by atoms with van der Waals surface area (Å²) in [6.07, 6.45) is 16.5. The first-order valence-electron chi connectivity index (χ1n) is 14.1. The van der Waals surface area contributed by atoms with Crippen molar-refractivity contribution >= 4 is 0 Å². The smallest absolute Gasteiger partial charge is 0.0811 e. The summed E-state index contributed by atoms with van der Waals surface area (Å²) in [4.78, 5) is 0. The molecule has 3 aliphatic carbocycles. The van der Waals surface area contributed by atoms with Crippen molar-refractivity contribution in [2.24, 2.45) is 29.1 Å². The predicted octanol–water partition coefficient (Wildman–Crippen LogP) is 7.12. The van der Waals surface area contributed by atoms with Gasteiger partial charge in [-0.1, -0.05) is 64.3 Å². The number of allylic oxidation sites excluding steroid dienone is 3. The molecule has 0 aromatic rings. The van der Waals surface area contributed by atoms with Crippen LogP contribution in [0.2, 0.25) is 0 Å². The third-order valence-corrected chi connectivity index (χ3v) is 9.74. The average molecular weight is 473 g/mol. The van der Waals surface area contributed by atoms with Crippen LogP contribution in [-0.2, 0) is 0 Å². The van der Waals surface area contributed by atoms with Crippen LogP contribution in [0.15, 0.2) is 35.5 Å². The van der Waals surface area contributed by atoms with Gasteiger partial charge in [-0.15, -0.1) is 0 Å². The van der Waals surface area contributed by atoms with Gasteiger partial charge in [-0.05, 0) is 105 Å². The van der Waals surface area contributed by atoms with E-state index in [1.165, 1.54) is 51.4 Å². The minimum atomic E-state index is -0.620. The second-order valence-electron chi connectivity index (χ2n) is 12.8. The van der Waals surface area contributed by atoms with Crippen molar-refractivity contribution in [1.29, 1.82) is 0 Å². The molecule has 7 atom stereocenters. The Morgan fingerprint density at radius 2 is 1.91 bits per heavy atom. The molecule has 34 heavy (non-hydrogen) atoms. The van der Waals surface area contributed by atoms with E-state index in [-0.39, 0.29) is 0 Å². The molecule has 0 aromatic carbocycles. The van der Waals surface area contributed by atoms with Gasteiger partial charge in [0.25, 0.3) is 0 Å². The Morgan fingerprint density at radius 1 is 1.18 bits per heavy atom. The Morgan fingerprint density at radius 3 is 2.59 bits per heavy atom. The van der Waals surface area contributed by atoms with Crippen LogP contribution in [0.1, 0.15) is 112 Å². The van der Waals surface area contributed by atoms with E-state index >= 15 is 0 Å². The normalized spacial score (nSPS) is 36.6. The highest BCUT2D eigenvalue weighted by Crippen LogP contribution is 2.60. The summed E-state index contributed by atoms with van der Waals surface area (Å²) in [5.74, 6) is 2.76. The van der Waals surface area contributed by atoms with Gasteiger partial charge in [0.15, 0.2) is 0 Å². The van der Waals surface area contributed by atoms with Crippen LogP contribution in [0.5, 0.6) is 0 Å². The van der Waals surface area contributed by atoms with E-state index in [0.29, 0.717) is 36.0 Å². The lowest BCUT2D eigenvalue weighted by Gasteiger charge is -2.46. The van der Waals surface area contributed by atoms with Gasteiger partial charge >= 0.3 is 0 Å². The summed E-state index contributed by atoms with van der Waals surface area (Å²) in [6, 6.07) is 0. The SMILES string of the molecule is C=C1/C(=C\C=C2/CCC[C@]3(C)[C@@H]([C@@H](C)[C@@H](CCCC)CCC(C)(C)O)CC[C@@H]23)C[C@@H](O)C[C@@H]1O. The molecule has 0 saturated heterocycles. The van der Waals surface area contributed by atoms with Crippen LogP contribution in [0.4, 0.5) is 0 Å². The van der Waals surface area contributed by atoms with Gasteiger partial charge in [0, 0.05) is 6.42 Å². The maximum absolute atomic E-state index is 10.4. The van der Waals surface area contributed by atoms with Gasteiger partial charge in [-0.3, -0.25) is 0 Å². The molecule has 0 radical (unpaired) electrons. The molecule has 0 unspecified atom stereocenters. The highest BCUT2D eigenvalue weighted by atomic mass is 16.3. The number of rotatable bonds is 9. The van der Waals surface area contributed by atoms with Crippen molar-refractivity contribution in [2.45, 2.75) is 129 Å². The minimum absolute atomic E-state index is 0.351. The summed E-state index contributed by atoms with van der Waals surface area (Å²) in [5.41, 5.74) is 3.14. The van der Waals surface area contributed by atoms with Crippen LogP contribution < -0.4 is 0 Å². The quantitative estimate of drug-likeness (QED) is 0.335. The molecule has 3 N–H and O–H groups in total. The van der Waals surface area contributed by atoms with Crippen LogP contribution in [0, 0.1) is 29.1 Å². The Balaban J connectivity index is 1.77. The maximum atomic E-state index is 10.4. The van der Waals surface area contributed by atoms with E-state index < -0.39 is 17.8 Å². The second-order valence-corrected chi connectivity index (χ2v) is 12.8. The van der Waals surface area contributed by atoms with E-state index in [1.807, 2.05) is 13.8 Å². The third kappa shape index (κ3) is 6.45. The predicted molar refractivity (Wildman–Crippen MR) is 142 cm³/mol. The van der Waals surface area contributed by atoms with E-state index in [9.17, 15) is 15.3 Å². The molecule has 0 bridgehead atoms. The number of unbranched alkanes of at least 4 members (excludes halogenated alkanes) is 1. The molecule has 0 amide bonds. The van der Waals surface area contributed by atoms with E-state index in [4.69, 9.17) is 0 Å². The fourth-order valence-electron chi connectivity index (χ4n) is 7.61. The fraction of sp³-hybridized carbons (Fsp3) is 0.806. The zero-order valence-corrected chi connectivity index (χ0v) is 22.7. The highest BCUT2D eigenvalue weighted by Gasteiger charge is 2.51. The Hall–Kier alpha value is -0.900. The number of aliphatic hydroxyl groups is 3. The summed E-state index contributed by atoms with van der Waals surface area (Å²) >= 11 is 0. The monoisotopic (exact) mass is 472 g/mol. The molecule has 3 rings (SSSR count). The van der Waals surface area contributed by atoms with Gasteiger partial charge in [0.1, 0.15) is 0 Å². The van der Waals surface area contributed by atoms with Crippen molar-refractivity contribution in [3.05, 3.63) is 35.5 Å². The first-order chi connectivity index (χ1) is 16.0. The number of fused-ring (bicyclic) bond motifs is 1. The molecule has 194 valence electrons. The van der Waals surface area contributed by atoms with E-state index in [2.05, 4.69) is 39.5 Å². The number of hydrogen-bond acceptors (Lipinski definition) is 3. The fourth-order valence-corrected chi connectivity index (χ4v) is 7.61. The lowest BCUT2D eigenvalue weighted by molar-refractivity contribution is 0.0390. The summed E-state index contributed by atoms with van der Waals surface area (Å²) in [5, 5.41) is 30.7. The molecule has 3 aliphatic rings. The standard InChI is InChI=1S/C31H52O3/c1-7-8-10-23(16-18-30(4,5)34)21(2)27-14-15-28-24(11-9-17-31(27,28)6)12-13-25-19-26(32)20-29(33)22(25)3/h12-13,21,23,26-29,32-34H,3,7-11,14-20H2,1-2,4-6H3/b24-12+,25-13-/t21-,23-,26+,27+,28-,29-,31+/m0/s1. The van der Waals surface area contributed by atoms with Gasteiger partial charge in [-0.2, -0.15) is 0 Å². The number of hydrogen-bond donors (Lipinski definition) is 3. The molecule has 0 heterocycles. The minimum Gasteiger partial charge on any atom is -0.393 e. The van der Waals surface area contributed by atoms with E-state index in [1.54, 1.807) is 5.57 Å². The van der Waals surface area contributed by atoms with E-state index in [0.717, 1.165) is 29.9 Å². The lowest BCUT2D eigenvalue weighted by atomic mass is 9.59. The number of aliphatic hydroxyl groups excluding tert-OH is 2. The highest BCUT2D eigenvalue weighted by molar-refractivity contribution is 5.38. The molecule has 0 aromatic heterocycles. The molecular formula is C31H52O3. The zero-order valence-electron chi connectivity index (χ0n) is 22.7. The van der Waals surface area contributed by atoms with Gasteiger partial charge in [0.05, 0.1) is 17.8 Å². The van der Waals surface area contributed by atoms with Gasteiger partial charge in [0.2, 0.25) is 0 Å². The molecule has 3 heteroatoms. The molecular weight excluding hydrogens is 420 g/mol. The molecule has 3 fully saturated rings. The molecule has 0 spiro atoms. The zero-order chi connectivity index (χ0) is 25.1. The Kier molecular flexibility index (Phi) is 9.31. The Labute approximate surface area is 209 Å². The van der Waals surface area contributed by atoms with Crippen molar-refractivity contribution in [1.82, 2.24) is 0 Å². The summed E-state index contributed by atoms with van der Waals surface area (Å²) < 4.78 is 0. The topological polar surface area (TPSA) is 60.7 Å². The van der Waals surface area contributed by atoms with Gasteiger partial charge in [-0.25, -0.2) is 0 Å². The summed E-state index contributed by atoms with van der Waals surface area (Å²) in [6.45, 7) is 15.4. The van der Waals surface area contributed by atoms with Crippen molar-refractivity contribution in [2.75, 3.05) is 0 Å². The van der Waals surface area contributed by atoms with Gasteiger partial charge < -0.3 is 15.3 Å². The average Bonchev–Trinajstić information content (AvgIpc) is 3.11. The first-order valence-corrected chi connectivity index (χ1v) is 14.1. The molecule has 3 nitrogen and oxygen atoms in total. The Bertz CT molecular complexity index is 757. The van der Waals surface area contributed by atoms with Crippen molar-refractivity contribution < 1.29 is 15.3 Å². The van der Waals surface area contributed by atoms with Crippen LogP contribution in [0.3, 0.4) is 0 Å². The summed E-state index contributed by atoms with van der Waals surface area (Å²) in [7, 11) is 0. The third-order valence-electron chi connectivity index (χ3n) is 9.74. The first kappa shape index (κ1) is 27.7. The second kappa shape index (κ2) is 11.4. The van der Waals surface area contributed by atoms with Crippen molar-refractivity contribution in [3.63, 3.8) is 0 Å². The van der Waals surface area contributed by atoms with Crippen LogP contribution in [0.25, 0.3) is 0 Å². The molecule has 0 aliphatic heterocycles. The van der Waals surface area contributed by atoms with Crippen LogP contribution >= 0.6 is 0 Å².